The molecule has 0 aliphatic heterocycles. The summed E-state index contributed by atoms with van der Waals surface area (Å²) in [6.45, 7) is 6.39. The van der Waals surface area contributed by atoms with E-state index in [2.05, 4.69) is 26.8 Å². The molecule has 1 atom stereocenters. The monoisotopic (exact) mass is 326 g/mol. The van der Waals surface area contributed by atoms with Gasteiger partial charge in [-0.3, -0.25) is 4.55 Å². The van der Waals surface area contributed by atoms with Crippen LogP contribution in [0, 0.1) is 0 Å². The van der Waals surface area contributed by atoms with Gasteiger partial charge in [-0.2, -0.15) is 8.42 Å². The van der Waals surface area contributed by atoms with Crippen LogP contribution in [0.4, 0.5) is 0 Å². The van der Waals surface area contributed by atoms with Crippen LogP contribution in [0.2, 0.25) is 0 Å². The molecule has 1 aromatic rings. The largest absolute Gasteiger partial charge is 0.294 e. The summed E-state index contributed by atoms with van der Waals surface area (Å²) in [4.78, 5) is 0.107. The lowest BCUT2D eigenvalue weighted by molar-refractivity contribution is 0.481. The first-order valence-electron chi connectivity index (χ1n) is 8.54. The molecule has 1 unspecified atom stereocenters. The van der Waals surface area contributed by atoms with Crippen LogP contribution in [0.25, 0.3) is 0 Å². The Morgan fingerprint density at radius 1 is 1.00 bits per heavy atom. The molecule has 0 radical (unpaired) electrons. The Labute approximate surface area is 135 Å². The molecular formula is C18H30O3S. The summed E-state index contributed by atoms with van der Waals surface area (Å²) in [7, 11) is -4.16. The molecular weight excluding hydrogens is 296 g/mol. The second-order valence-corrected chi connectivity index (χ2v) is 7.46. The van der Waals surface area contributed by atoms with Gasteiger partial charge < -0.3 is 0 Å². The minimum Gasteiger partial charge on any atom is -0.282 e. The molecule has 22 heavy (non-hydrogen) atoms. The van der Waals surface area contributed by atoms with Crippen LogP contribution in [0.1, 0.15) is 82.8 Å². The number of aryl methyl sites for hydroxylation is 1. The van der Waals surface area contributed by atoms with Gasteiger partial charge in [0.2, 0.25) is 0 Å². The van der Waals surface area contributed by atoms with Gasteiger partial charge in [-0.25, -0.2) is 0 Å². The Morgan fingerprint density at radius 3 is 2.23 bits per heavy atom. The summed E-state index contributed by atoms with van der Waals surface area (Å²) in [6, 6.07) is 5.65. The Bertz CT molecular complexity index is 549. The molecule has 0 aliphatic rings. The summed E-state index contributed by atoms with van der Waals surface area (Å²) >= 11 is 0. The lowest BCUT2D eigenvalue weighted by Gasteiger charge is -2.18. The molecule has 3 nitrogen and oxygen atoms in total. The van der Waals surface area contributed by atoms with E-state index < -0.39 is 10.1 Å². The van der Waals surface area contributed by atoms with Crippen molar-refractivity contribution in [3.63, 3.8) is 0 Å². The SMILES string of the molecule is CCCCc1ccc(C(CCC)CCCC)cc1S(=O)(=O)O. The van der Waals surface area contributed by atoms with Gasteiger partial charge in [-0.1, -0.05) is 58.6 Å². The van der Waals surface area contributed by atoms with Crippen LogP contribution < -0.4 is 0 Å². The highest BCUT2D eigenvalue weighted by molar-refractivity contribution is 7.85. The lowest BCUT2D eigenvalue weighted by Crippen LogP contribution is -2.07. The van der Waals surface area contributed by atoms with E-state index in [9.17, 15) is 13.0 Å². The predicted molar refractivity (Wildman–Crippen MR) is 92.0 cm³/mol. The van der Waals surface area contributed by atoms with Crippen molar-refractivity contribution in [2.75, 3.05) is 0 Å². The number of benzene rings is 1. The first kappa shape index (κ1) is 19.2. The number of unbranched alkanes of at least 4 members (excludes halogenated alkanes) is 2. The highest BCUT2D eigenvalue weighted by atomic mass is 32.2. The molecule has 0 bridgehead atoms. The highest BCUT2D eigenvalue weighted by Gasteiger charge is 2.19. The molecule has 0 amide bonds. The van der Waals surface area contributed by atoms with Gasteiger partial charge in [0, 0.05) is 0 Å². The van der Waals surface area contributed by atoms with Gasteiger partial charge in [-0.15, -0.1) is 0 Å². The van der Waals surface area contributed by atoms with Crippen molar-refractivity contribution in [1.82, 2.24) is 0 Å². The number of hydrogen-bond donors (Lipinski definition) is 1. The molecule has 1 N–H and O–H groups in total. The minimum atomic E-state index is -4.16. The standard InChI is InChI=1S/C18H30O3S/c1-4-7-10-15(9-6-3)17-13-12-16(11-8-5-2)18(14-17)22(19,20)21/h12-15H,4-11H2,1-3H3,(H,19,20,21). The highest BCUT2D eigenvalue weighted by Crippen LogP contribution is 2.30. The molecule has 0 aromatic heterocycles. The smallest absolute Gasteiger partial charge is 0.282 e. The first-order valence-corrected chi connectivity index (χ1v) is 9.98. The third kappa shape index (κ3) is 5.73. The maximum absolute atomic E-state index is 11.7. The summed E-state index contributed by atoms with van der Waals surface area (Å²) in [5.74, 6) is 0.380. The second-order valence-electron chi connectivity index (χ2n) is 6.07. The van der Waals surface area contributed by atoms with Gasteiger partial charge in [0.05, 0.1) is 4.90 Å². The van der Waals surface area contributed by atoms with E-state index in [-0.39, 0.29) is 4.90 Å². The van der Waals surface area contributed by atoms with Crippen molar-refractivity contribution < 1.29 is 13.0 Å². The van der Waals surface area contributed by atoms with Crippen LogP contribution in [-0.2, 0) is 16.5 Å². The van der Waals surface area contributed by atoms with Gasteiger partial charge in [0.15, 0.2) is 0 Å². The van der Waals surface area contributed by atoms with Crippen molar-refractivity contribution in [3.05, 3.63) is 29.3 Å². The molecule has 0 spiro atoms. The van der Waals surface area contributed by atoms with Gasteiger partial charge in [-0.05, 0) is 48.8 Å². The van der Waals surface area contributed by atoms with Crippen molar-refractivity contribution in [2.45, 2.75) is 83.0 Å². The van der Waals surface area contributed by atoms with E-state index in [1.165, 1.54) is 0 Å². The second kappa shape index (κ2) is 9.31. The fourth-order valence-electron chi connectivity index (χ4n) is 2.92. The van der Waals surface area contributed by atoms with E-state index in [4.69, 9.17) is 0 Å². The summed E-state index contributed by atoms with van der Waals surface area (Å²) in [5.41, 5.74) is 1.78. The van der Waals surface area contributed by atoms with Crippen LogP contribution in [0.3, 0.4) is 0 Å². The molecule has 4 heteroatoms. The van der Waals surface area contributed by atoms with Crippen LogP contribution in [0.5, 0.6) is 0 Å². The van der Waals surface area contributed by atoms with Crippen LogP contribution in [-0.4, -0.2) is 13.0 Å². The average molecular weight is 327 g/mol. The first-order chi connectivity index (χ1) is 10.4. The minimum absolute atomic E-state index is 0.107. The van der Waals surface area contributed by atoms with Crippen LogP contribution >= 0.6 is 0 Å². The molecule has 1 rings (SSSR count). The van der Waals surface area contributed by atoms with Gasteiger partial charge in [0.1, 0.15) is 0 Å². The summed E-state index contributed by atoms with van der Waals surface area (Å²) in [5, 5.41) is 0. The normalized spacial score (nSPS) is 13.3. The zero-order chi connectivity index (χ0) is 16.6. The molecule has 0 aliphatic carbocycles. The fourth-order valence-corrected chi connectivity index (χ4v) is 3.70. The summed E-state index contributed by atoms with van der Waals surface area (Å²) in [6.07, 6.45) is 8.11. The van der Waals surface area contributed by atoms with Crippen molar-refractivity contribution in [2.24, 2.45) is 0 Å². The maximum atomic E-state index is 11.7. The molecule has 0 saturated heterocycles. The van der Waals surface area contributed by atoms with E-state index >= 15 is 0 Å². The van der Waals surface area contributed by atoms with Crippen molar-refractivity contribution in [1.29, 1.82) is 0 Å². The zero-order valence-electron chi connectivity index (χ0n) is 14.1. The van der Waals surface area contributed by atoms with Crippen LogP contribution in [0.15, 0.2) is 23.1 Å². The Hall–Kier alpha value is -0.870. The van der Waals surface area contributed by atoms with E-state index in [1.54, 1.807) is 6.07 Å². The maximum Gasteiger partial charge on any atom is 0.294 e. The topological polar surface area (TPSA) is 54.4 Å². The molecule has 0 saturated carbocycles. The van der Waals surface area contributed by atoms with Crippen molar-refractivity contribution >= 4 is 10.1 Å². The quantitative estimate of drug-likeness (QED) is 0.590. The number of hydrogen-bond acceptors (Lipinski definition) is 2. The lowest BCUT2D eigenvalue weighted by atomic mass is 9.89. The third-order valence-corrected chi connectivity index (χ3v) is 5.12. The molecule has 0 fully saturated rings. The molecule has 126 valence electrons. The molecule has 0 heterocycles. The average Bonchev–Trinajstić information content (AvgIpc) is 2.48. The summed E-state index contributed by atoms with van der Waals surface area (Å²) < 4.78 is 33.0. The van der Waals surface area contributed by atoms with Gasteiger partial charge in [0.25, 0.3) is 10.1 Å². The van der Waals surface area contributed by atoms with Crippen molar-refractivity contribution in [3.8, 4) is 0 Å². The fraction of sp³-hybridized carbons (Fsp3) is 0.667. The molecule has 1 aromatic carbocycles. The third-order valence-electron chi connectivity index (χ3n) is 4.18. The van der Waals surface area contributed by atoms with Gasteiger partial charge >= 0.3 is 0 Å². The Morgan fingerprint density at radius 2 is 1.68 bits per heavy atom. The van der Waals surface area contributed by atoms with E-state index in [0.29, 0.717) is 12.3 Å². The van der Waals surface area contributed by atoms with E-state index in [1.807, 2.05) is 6.07 Å². The Kier molecular flexibility index (Phi) is 8.12. The van der Waals surface area contributed by atoms with E-state index in [0.717, 1.165) is 56.1 Å². The Balaban J connectivity index is 3.15. The number of rotatable bonds is 10. The predicted octanol–water partition coefficient (Wildman–Crippen LogP) is 5.35. The zero-order valence-corrected chi connectivity index (χ0v) is 15.0.